The Labute approximate surface area is 148 Å². The number of pyridine rings is 1. The molecule has 1 heterocycles. The van der Waals surface area contributed by atoms with Crippen molar-refractivity contribution in [3.63, 3.8) is 0 Å². The molecule has 1 amide bonds. The second-order valence-corrected chi connectivity index (χ2v) is 6.76. The highest BCUT2D eigenvalue weighted by Crippen LogP contribution is 2.19. The molecule has 1 aromatic heterocycles. The second kappa shape index (κ2) is 7.55. The fourth-order valence-electron chi connectivity index (χ4n) is 2.29. The molecule has 2 N–H and O–H groups in total. The van der Waals surface area contributed by atoms with Gasteiger partial charge in [-0.1, -0.05) is 29.8 Å². The van der Waals surface area contributed by atoms with Gasteiger partial charge in [0.05, 0.1) is 0 Å². The van der Waals surface area contributed by atoms with Gasteiger partial charge in [0.1, 0.15) is 5.69 Å². The molecule has 0 bridgehead atoms. The molecule has 0 saturated carbocycles. The number of carbonyl (C=O) groups is 1. The van der Waals surface area contributed by atoms with E-state index in [2.05, 4.69) is 10.3 Å². The number of thioether (sulfide) groups is 1. The van der Waals surface area contributed by atoms with Crippen molar-refractivity contribution in [3.8, 4) is 0 Å². The van der Waals surface area contributed by atoms with Crippen molar-refractivity contribution in [2.24, 2.45) is 0 Å². The lowest BCUT2D eigenvalue weighted by atomic mass is 10.1. The average Bonchev–Trinajstić information content (AvgIpc) is 2.60. The van der Waals surface area contributed by atoms with Gasteiger partial charge in [0.25, 0.3) is 11.5 Å². The van der Waals surface area contributed by atoms with E-state index in [-0.39, 0.29) is 17.2 Å². The molecule has 0 aliphatic carbocycles. The fourth-order valence-corrected chi connectivity index (χ4v) is 3.19. The molecule has 0 aliphatic heterocycles. The molecule has 0 fully saturated rings. The Balaban J connectivity index is 1.59. The molecule has 122 valence electrons. The van der Waals surface area contributed by atoms with Crippen LogP contribution in [-0.4, -0.2) is 23.2 Å². The standard InChI is InChI=1S/C18H15ClN2O2S/c19-13-5-7-14(8-6-13)24-10-9-20-18(23)16-11-12-3-1-2-4-15(12)17(22)21-16/h1-8,11H,9-10H2,(H,20,23)(H,21,22). The molecule has 0 saturated heterocycles. The fraction of sp³-hybridized carbons (Fsp3) is 0.111. The smallest absolute Gasteiger partial charge is 0.267 e. The maximum Gasteiger partial charge on any atom is 0.267 e. The molecule has 6 heteroatoms. The van der Waals surface area contributed by atoms with Crippen molar-refractivity contribution in [1.82, 2.24) is 10.3 Å². The van der Waals surface area contributed by atoms with Gasteiger partial charge in [-0.25, -0.2) is 0 Å². The van der Waals surface area contributed by atoms with E-state index in [0.29, 0.717) is 17.0 Å². The molecule has 0 unspecified atom stereocenters. The van der Waals surface area contributed by atoms with Crippen molar-refractivity contribution in [2.45, 2.75) is 4.90 Å². The highest BCUT2D eigenvalue weighted by molar-refractivity contribution is 7.99. The van der Waals surface area contributed by atoms with Crippen LogP contribution in [0, 0.1) is 0 Å². The van der Waals surface area contributed by atoms with Gasteiger partial charge in [-0.05, 0) is 41.8 Å². The zero-order valence-corrected chi connectivity index (χ0v) is 14.3. The molecule has 0 aliphatic rings. The Morgan fingerprint density at radius 2 is 1.88 bits per heavy atom. The van der Waals surface area contributed by atoms with Crippen molar-refractivity contribution in [1.29, 1.82) is 0 Å². The maximum absolute atomic E-state index is 12.2. The topological polar surface area (TPSA) is 62.0 Å². The Morgan fingerprint density at radius 3 is 2.67 bits per heavy atom. The van der Waals surface area contributed by atoms with E-state index in [0.717, 1.165) is 16.0 Å². The molecule has 0 spiro atoms. The minimum Gasteiger partial charge on any atom is -0.350 e. The van der Waals surface area contributed by atoms with Gasteiger partial charge in [0.2, 0.25) is 0 Å². The Hall–Kier alpha value is -2.24. The number of aromatic nitrogens is 1. The molecule has 2 aromatic carbocycles. The quantitative estimate of drug-likeness (QED) is 0.540. The van der Waals surface area contributed by atoms with Gasteiger partial charge in [-0.3, -0.25) is 9.59 Å². The van der Waals surface area contributed by atoms with Crippen LogP contribution in [0.25, 0.3) is 10.8 Å². The van der Waals surface area contributed by atoms with Gasteiger partial charge >= 0.3 is 0 Å². The van der Waals surface area contributed by atoms with E-state index in [9.17, 15) is 9.59 Å². The minimum atomic E-state index is -0.283. The van der Waals surface area contributed by atoms with Crippen molar-refractivity contribution in [2.75, 3.05) is 12.3 Å². The van der Waals surface area contributed by atoms with Crippen LogP contribution in [0.4, 0.5) is 0 Å². The second-order valence-electron chi connectivity index (χ2n) is 5.16. The molecule has 0 radical (unpaired) electrons. The van der Waals surface area contributed by atoms with E-state index in [1.807, 2.05) is 36.4 Å². The first-order valence-corrected chi connectivity index (χ1v) is 8.78. The predicted octanol–water partition coefficient (Wildman–Crippen LogP) is 3.70. The summed E-state index contributed by atoms with van der Waals surface area (Å²) < 4.78 is 0. The summed E-state index contributed by atoms with van der Waals surface area (Å²) in [5.74, 6) is 0.445. The number of hydrogen-bond acceptors (Lipinski definition) is 3. The average molecular weight is 359 g/mol. The van der Waals surface area contributed by atoms with E-state index in [1.165, 1.54) is 0 Å². The molecule has 0 atom stereocenters. The summed E-state index contributed by atoms with van der Waals surface area (Å²) in [7, 11) is 0. The number of halogens is 1. The summed E-state index contributed by atoms with van der Waals surface area (Å²) in [6.07, 6.45) is 0. The summed E-state index contributed by atoms with van der Waals surface area (Å²) in [6, 6.07) is 16.4. The highest BCUT2D eigenvalue weighted by Gasteiger charge is 2.08. The van der Waals surface area contributed by atoms with E-state index >= 15 is 0 Å². The lowest BCUT2D eigenvalue weighted by molar-refractivity contribution is 0.0951. The minimum absolute atomic E-state index is 0.256. The van der Waals surface area contributed by atoms with Crippen LogP contribution in [-0.2, 0) is 0 Å². The van der Waals surface area contributed by atoms with Crippen LogP contribution < -0.4 is 10.9 Å². The predicted molar refractivity (Wildman–Crippen MR) is 99.1 cm³/mol. The van der Waals surface area contributed by atoms with Crippen molar-refractivity contribution < 1.29 is 4.79 Å². The van der Waals surface area contributed by atoms with E-state index < -0.39 is 0 Å². The number of aromatic amines is 1. The van der Waals surface area contributed by atoms with Gasteiger partial charge in [-0.2, -0.15) is 0 Å². The van der Waals surface area contributed by atoms with Crippen LogP contribution in [0.2, 0.25) is 5.02 Å². The third kappa shape index (κ3) is 3.99. The van der Waals surface area contributed by atoms with Gasteiger partial charge in [0, 0.05) is 27.6 Å². The number of H-pyrrole nitrogens is 1. The van der Waals surface area contributed by atoms with Crippen LogP contribution in [0.1, 0.15) is 10.5 Å². The Morgan fingerprint density at radius 1 is 1.12 bits per heavy atom. The first kappa shape index (κ1) is 16.6. The SMILES string of the molecule is O=C(NCCSc1ccc(Cl)cc1)c1cc2ccccc2c(=O)[nH]1. The number of benzene rings is 2. The third-order valence-corrected chi connectivity index (χ3v) is 4.73. The third-order valence-electron chi connectivity index (χ3n) is 3.47. The van der Waals surface area contributed by atoms with Crippen LogP contribution >= 0.6 is 23.4 Å². The maximum atomic E-state index is 12.2. The zero-order chi connectivity index (χ0) is 16.9. The van der Waals surface area contributed by atoms with Gasteiger partial charge < -0.3 is 10.3 Å². The summed E-state index contributed by atoms with van der Waals surface area (Å²) in [4.78, 5) is 27.9. The highest BCUT2D eigenvalue weighted by atomic mass is 35.5. The summed E-state index contributed by atoms with van der Waals surface area (Å²) in [6.45, 7) is 0.501. The molecule has 3 aromatic rings. The van der Waals surface area contributed by atoms with Crippen LogP contribution in [0.3, 0.4) is 0 Å². The van der Waals surface area contributed by atoms with E-state index in [4.69, 9.17) is 11.6 Å². The number of hydrogen-bond donors (Lipinski definition) is 2. The Bertz CT molecular complexity index is 922. The number of amides is 1. The molecular formula is C18H15ClN2O2S. The number of carbonyl (C=O) groups excluding carboxylic acids is 1. The zero-order valence-electron chi connectivity index (χ0n) is 12.7. The van der Waals surface area contributed by atoms with Crippen LogP contribution in [0.15, 0.2) is 64.3 Å². The lowest BCUT2D eigenvalue weighted by Crippen LogP contribution is -2.28. The monoisotopic (exact) mass is 358 g/mol. The normalized spacial score (nSPS) is 10.7. The number of fused-ring (bicyclic) bond motifs is 1. The van der Waals surface area contributed by atoms with Crippen LogP contribution in [0.5, 0.6) is 0 Å². The van der Waals surface area contributed by atoms with Crippen molar-refractivity contribution in [3.05, 3.63) is 75.7 Å². The number of nitrogens with one attached hydrogen (secondary N) is 2. The molecule has 3 rings (SSSR count). The first-order valence-electron chi connectivity index (χ1n) is 7.42. The summed E-state index contributed by atoms with van der Waals surface area (Å²) in [5.41, 5.74) is 0.0176. The van der Waals surface area contributed by atoms with Gasteiger partial charge in [0.15, 0.2) is 0 Å². The van der Waals surface area contributed by atoms with Crippen molar-refractivity contribution >= 4 is 40.0 Å². The number of rotatable bonds is 5. The molecular weight excluding hydrogens is 344 g/mol. The van der Waals surface area contributed by atoms with Gasteiger partial charge in [-0.15, -0.1) is 11.8 Å². The molecule has 24 heavy (non-hydrogen) atoms. The largest absolute Gasteiger partial charge is 0.350 e. The summed E-state index contributed by atoms with van der Waals surface area (Å²) >= 11 is 7.47. The van der Waals surface area contributed by atoms with E-state index in [1.54, 1.807) is 30.0 Å². The Kier molecular flexibility index (Phi) is 5.23. The first-order chi connectivity index (χ1) is 11.6. The summed E-state index contributed by atoms with van der Waals surface area (Å²) in [5, 5.41) is 4.85. The molecule has 4 nitrogen and oxygen atoms in total. The lowest BCUT2D eigenvalue weighted by Gasteiger charge is -2.06.